The Labute approximate surface area is 144 Å². The molecule has 0 spiro atoms. The number of fused-ring (bicyclic) bond motifs is 1. The second-order valence-corrected chi connectivity index (χ2v) is 6.62. The van der Waals surface area contributed by atoms with Gasteiger partial charge in [0, 0.05) is 22.8 Å². The topological polar surface area (TPSA) is 42.4 Å². The van der Waals surface area contributed by atoms with E-state index in [9.17, 15) is 4.79 Å². The van der Waals surface area contributed by atoms with E-state index in [1.807, 2.05) is 53.4 Å². The highest BCUT2D eigenvalue weighted by Gasteiger charge is 2.35. The summed E-state index contributed by atoms with van der Waals surface area (Å²) in [6.07, 6.45) is 1.80. The van der Waals surface area contributed by atoms with E-state index < -0.39 is 0 Å². The lowest BCUT2D eigenvalue weighted by Gasteiger charge is -2.25. The molecule has 1 aromatic heterocycles. The van der Waals surface area contributed by atoms with Crippen molar-refractivity contribution >= 4 is 34.3 Å². The number of hydrogen-bond acceptors (Lipinski definition) is 4. The minimum Gasteiger partial charge on any atom is -0.497 e. The largest absolute Gasteiger partial charge is 0.497 e. The third kappa shape index (κ3) is 2.51. The molecule has 1 saturated heterocycles. The zero-order chi connectivity index (χ0) is 16.5. The molecule has 120 valence electrons. The summed E-state index contributed by atoms with van der Waals surface area (Å²) in [5, 5.41) is 1.02. The number of ether oxygens (including phenoxy) is 1. The molecule has 0 saturated carbocycles. The van der Waals surface area contributed by atoms with Crippen molar-refractivity contribution in [1.29, 1.82) is 0 Å². The van der Waals surface area contributed by atoms with Gasteiger partial charge in [0.15, 0.2) is 0 Å². The summed E-state index contributed by atoms with van der Waals surface area (Å²) in [7, 11) is 1.64. The van der Waals surface area contributed by atoms with Crippen molar-refractivity contribution in [2.75, 3.05) is 17.8 Å². The Morgan fingerprint density at radius 2 is 1.92 bits per heavy atom. The lowest BCUT2D eigenvalue weighted by Crippen LogP contribution is -2.27. The summed E-state index contributed by atoms with van der Waals surface area (Å²) in [5.74, 6) is 1.37. The van der Waals surface area contributed by atoms with Crippen LogP contribution in [-0.4, -0.2) is 23.8 Å². The molecule has 3 aromatic rings. The predicted molar refractivity (Wildman–Crippen MR) is 97.4 cm³/mol. The van der Waals surface area contributed by atoms with Gasteiger partial charge in [-0.1, -0.05) is 24.3 Å². The Bertz CT molecular complexity index is 890. The summed E-state index contributed by atoms with van der Waals surface area (Å²) in [6, 6.07) is 17.7. The van der Waals surface area contributed by atoms with Gasteiger partial charge in [-0.05, 0) is 30.3 Å². The number of hydrogen-bond donors (Lipinski definition) is 0. The molecule has 0 N–H and O–H groups in total. The Morgan fingerprint density at radius 1 is 1.12 bits per heavy atom. The quantitative estimate of drug-likeness (QED) is 0.724. The Balaban J connectivity index is 1.79. The molecule has 1 amide bonds. The number of carbonyl (C=O) groups excluding carboxylic acids is 1. The van der Waals surface area contributed by atoms with E-state index in [2.05, 4.69) is 11.1 Å². The molecular formula is C19H16N2O2S. The molecule has 1 atom stereocenters. The number of carbonyl (C=O) groups is 1. The first-order valence-corrected chi connectivity index (χ1v) is 8.74. The van der Waals surface area contributed by atoms with Gasteiger partial charge in [-0.25, -0.2) is 0 Å². The van der Waals surface area contributed by atoms with Gasteiger partial charge >= 0.3 is 0 Å². The highest BCUT2D eigenvalue weighted by Crippen LogP contribution is 2.43. The first-order valence-electron chi connectivity index (χ1n) is 7.69. The number of methoxy groups -OCH3 is 1. The molecule has 0 bridgehead atoms. The first-order chi connectivity index (χ1) is 11.8. The van der Waals surface area contributed by atoms with Crippen molar-refractivity contribution in [3.05, 3.63) is 66.4 Å². The van der Waals surface area contributed by atoms with Crippen LogP contribution in [0.4, 0.5) is 5.69 Å². The number of thioether (sulfide) groups is 1. The molecule has 0 unspecified atom stereocenters. The molecule has 4 rings (SSSR count). The van der Waals surface area contributed by atoms with Crippen LogP contribution in [0.3, 0.4) is 0 Å². The number of nitrogens with zero attached hydrogens (tertiary/aromatic N) is 2. The van der Waals surface area contributed by atoms with Gasteiger partial charge < -0.3 is 4.74 Å². The van der Waals surface area contributed by atoms with Crippen LogP contribution in [0.5, 0.6) is 5.75 Å². The van der Waals surface area contributed by atoms with Gasteiger partial charge in [-0.3, -0.25) is 14.7 Å². The zero-order valence-electron chi connectivity index (χ0n) is 13.2. The predicted octanol–water partition coefficient (Wildman–Crippen LogP) is 4.02. The average molecular weight is 336 g/mol. The number of aromatic nitrogens is 1. The number of pyridine rings is 1. The van der Waals surface area contributed by atoms with Crippen LogP contribution >= 0.6 is 11.8 Å². The number of benzene rings is 2. The standard InChI is InChI=1S/C19H16N2O2S/c1-23-15-9-7-14(8-10-15)21-17(22)12-24-19(21)16-6-2-4-13-5-3-11-20-18(13)16/h2-11,19H,12H2,1H3/t19-/m1/s1. The first kappa shape index (κ1) is 15.0. The molecule has 0 radical (unpaired) electrons. The van der Waals surface area contributed by atoms with E-state index in [0.29, 0.717) is 5.75 Å². The van der Waals surface area contributed by atoms with E-state index in [1.165, 1.54) is 0 Å². The van der Waals surface area contributed by atoms with Crippen LogP contribution in [0, 0.1) is 0 Å². The highest BCUT2D eigenvalue weighted by atomic mass is 32.2. The third-order valence-electron chi connectivity index (χ3n) is 4.15. The lowest BCUT2D eigenvalue weighted by atomic mass is 10.1. The van der Waals surface area contributed by atoms with E-state index in [-0.39, 0.29) is 11.3 Å². The number of para-hydroxylation sites is 1. The van der Waals surface area contributed by atoms with Gasteiger partial charge in [-0.15, -0.1) is 11.8 Å². The normalized spacial score (nSPS) is 17.5. The van der Waals surface area contributed by atoms with Crippen molar-refractivity contribution < 1.29 is 9.53 Å². The summed E-state index contributed by atoms with van der Waals surface area (Å²) in [5.41, 5.74) is 2.90. The van der Waals surface area contributed by atoms with E-state index in [1.54, 1.807) is 25.1 Å². The minimum atomic E-state index is -0.0653. The monoisotopic (exact) mass is 336 g/mol. The van der Waals surface area contributed by atoms with Crippen molar-refractivity contribution in [2.45, 2.75) is 5.37 Å². The van der Waals surface area contributed by atoms with Gasteiger partial charge in [0.2, 0.25) is 5.91 Å². The van der Waals surface area contributed by atoms with Crippen molar-refractivity contribution in [2.24, 2.45) is 0 Å². The van der Waals surface area contributed by atoms with Gasteiger partial charge in [0.25, 0.3) is 0 Å². The number of amides is 1. The highest BCUT2D eigenvalue weighted by molar-refractivity contribution is 8.00. The second-order valence-electron chi connectivity index (χ2n) is 5.55. The maximum atomic E-state index is 12.5. The summed E-state index contributed by atoms with van der Waals surface area (Å²) >= 11 is 1.64. The van der Waals surface area contributed by atoms with Crippen LogP contribution < -0.4 is 9.64 Å². The fraction of sp³-hybridized carbons (Fsp3) is 0.158. The Kier molecular flexibility index (Phi) is 3.86. The molecule has 2 aromatic carbocycles. The van der Waals surface area contributed by atoms with Crippen molar-refractivity contribution in [3.8, 4) is 5.75 Å². The minimum absolute atomic E-state index is 0.0653. The fourth-order valence-corrected chi connectivity index (χ4v) is 4.20. The van der Waals surface area contributed by atoms with E-state index in [4.69, 9.17) is 4.74 Å². The van der Waals surface area contributed by atoms with Crippen LogP contribution in [0.1, 0.15) is 10.9 Å². The molecule has 1 aliphatic heterocycles. The summed E-state index contributed by atoms with van der Waals surface area (Å²) in [6.45, 7) is 0. The Morgan fingerprint density at radius 3 is 2.71 bits per heavy atom. The maximum Gasteiger partial charge on any atom is 0.238 e. The van der Waals surface area contributed by atoms with Crippen molar-refractivity contribution in [3.63, 3.8) is 0 Å². The van der Waals surface area contributed by atoms with Crippen LogP contribution in [0.2, 0.25) is 0 Å². The summed E-state index contributed by atoms with van der Waals surface area (Å²) in [4.78, 5) is 18.9. The van der Waals surface area contributed by atoms with E-state index in [0.717, 1.165) is 27.9 Å². The molecule has 4 nitrogen and oxygen atoms in total. The fourth-order valence-electron chi connectivity index (χ4n) is 3.00. The third-order valence-corrected chi connectivity index (χ3v) is 5.34. The molecule has 5 heteroatoms. The second kappa shape index (κ2) is 6.17. The van der Waals surface area contributed by atoms with Crippen LogP contribution in [-0.2, 0) is 4.79 Å². The average Bonchev–Trinajstić information content (AvgIpc) is 3.02. The number of rotatable bonds is 3. The van der Waals surface area contributed by atoms with Gasteiger partial charge in [0.05, 0.1) is 18.4 Å². The molecule has 2 heterocycles. The molecule has 1 aliphatic rings. The smallest absolute Gasteiger partial charge is 0.238 e. The Hall–Kier alpha value is -2.53. The SMILES string of the molecule is COc1ccc(N2C(=O)CS[C@@H]2c2cccc3cccnc23)cc1. The zero-order valence-corrected chi connectivity index (χ0v) is 14.0. The van der Waals surface area contributed by atoms with Crippen LogP contribution in [0.15, 0.2) is 60.8 Å². The molecule has 1 fully saturated rings. The lowest BCUT2D eigenvalue weighted by molar-refractivity contribution is -0.115. The molecule has 0 aliphatic carbocycles. The molecular weight excluding hydrogens is 320 g/mol. The number of anilines is 1. The van der Waals surface area contributed by atoms with Crippen molar-refractivity contribution in [1.82, 2.24) is 4.98 Å². The van der Waals surface area contributed by atoms with Gasteiger partial charge in [0.1, 0.15) is 11.1 Å². The molecule has 24 heavy (non-hydrogen) atoms. The van der Waals surface area contributed by atoms with E-state index >= 15 is 0 Å². The summed E-state index contributed by atoms with van der Waals surface area (Å²) < 4.78 is 5.21. The van der Waals surface area contributed by atoms with Crippen LogP contribution in [0.25, 0.3) is 10.9 Å². The van der Waals surface area contributed by atoms with Gasteiger partial charge in [-0.2, -0.15) is 0 Å². The maximum absolute atomic E-state index is 12.5.